The first-order chi connectivity index (χ1) is 12.4. The zero-order chi connectivity index (χ0) is 19.1. The average Bonchev–Trinajstić information content (AvgIpc) is 2.62. The molecule has 0 aromatic heterocycles. The van der Waals surface area contributed by atoms with Crippen LogP contribution in [0, 0.1) is 18.3 Å². The quantitative estimate of drug-likeness (QED) is 0.637. The Labute approximate surface area is 151 Å². The van der Waals surface area contributed by atoms with Gasteiger partial charge in [-0.3, -0.25) is 9.59 Å². The SMILES string of the molecule is Cc1ccc(C(=O)C(C)OC(=O)c2ccc(NC(=O)CC#N)cc2)cc1. The summed E-state index contributed by atoms with van der Waals surface area (Å²) in [5, 5.41) is 11.0. The Morgan fingerprint density at radius 3 is 2.19 bits per heavy atom. The van der Waals surface area contributed by atoms with E-state index in [1.165, 1.54) is 31.2 Å². The fourth-order valence-corrected chi connectivity index (χ4v) is 2.20. The number of rotatable bonds is 6. The van der Waals surface area contributed by atoms with Crippen molar-refractivity contribution in [1.82, 2.24) is 0 Å². The Kier molecular flexibility index (Phi) is 6.23. The topological polar surface area (TPSA) is 96.3 Å². The number of benzene rings is 2. The third-order valence-corrected chi connectivity index (χ3v) is 3.63. The van der Waals surface area contributed by atoms with Crippen molar-refractivity contribution in [2.75, 3.05) is 5.32 Å². The Hall–Kier alpha value is -3.46. The van der Waals surface area contributed by atoms with Gasteiger partial charge < -0.3 is 10.1 Å². The second-order valence-electron chi connectivity index (χ2n) is 5.74. The molecule has 1 amide bonds. The second kappa shape index (κ2) is 8.58. The molecule has 0 aliphatic heterocycles. The highest BCUT2D eigenvalue weighted by molar-refractivity contribution is 6.01. The van der Waals surface area contributed by atoms with E-state index < -0.39 is 18.0 Å². The summed E-state index contributed by atoms with van der Waals surface area (Å²) < 4.78 is 5.22. The molecule has 1 atom stereocenters. The van der Waals surface area contributed by atoms with Crippen molar-refractivity contribution in [3.8, 4) is 6.07 Å². The van der Waals surface area contributed by atoms with Crippen molar-refractivity contribution < 1.29 is 19.1 Å². The summed E-state index contributed by atoms with van der Waals surface area (Å²) in [5.41, 5.74) is 2.23. The number of esters is 1. The molecule has 0 spiro atoms. The van der Waals surface area contributed by atoms with E-state index in [4.69, 9.17) is 10.00 Å². The number of Topliss-reactive ketones (excluding diaryl/α,β-unsaturated/α-hetero) is 1. The van der Waals surface area contributed by atoms with Crippen LogP contribution < -0.4 is 5.32 Å². The van der Waals surface area contributed by atoms with Gasteiger partial charge in [-0.1, -0.05) is 29.8 Å². The fraction of sp³-hybridized carbons (Fsp3) is 0.200. The van der Waals surface area contributed by atoms with Crippen molar-refractivity contribution >= 4 is 23.3 Å². The predicted octanol–water partition coefficient (Wildman–Crippen LogP) is 3.28. The molecule has 26 heavy (non-hydrogen) atoms. The van der Waals surface area contributed by atoms with E-state index in [0.29, 0.717) is 11.3 Å². The van der Waals surface area contributed by atoms with Gasteiger partial charge in [0.05, 0.1) is 11.6 Å². The van der Waals surface area contributed by atoms with Crippen LogP contribution in [-0.4, -0.2) is 23.8 Å². The molecule has 6 heteroatoms. The molecule has 2 aromatic rings. The number of anilines is 1. The van der Waals surface area contributed by atoms with Crippen LogP contribution in [0.2, 0.25) is 0 Å². The van der Waals surface area contributed by atoms with E-state index in [0.717, 1.165) is 5.56 Å². The summed E-state index contributed by atoms with van der Waals surface area (Å²) in [6.07, 6.45) is -1.16. The number of ether oxygens (including phenoxy) is 1. The zero-order valence-corrected chi connectivity index (χ0v) is 14.5. The van der Waals surface area contributed by atoms with Gasteiger partial charge in [0.2, 0.25) is 11.7 Å². The van der Waals surface area contributed by atoms with Gasteiger partial charge in [-0.25, -0.2) is 4.79 Å². The third kappa shape index (κ3) is 5.02. The largest absolute Gasteiger partial charge is 0.451 e. The summed E-state index contributed by atoms with van der Waals surface area (Å²) >= 11 is 0. The fourth-order valence-electron chi connectivity index (χ4n) is 2.20. The minimum absolute atomic E-state index is 0.248. The Morgan fingerprint density at radius 1 is 1.04 bits per heavy atom. The summed E-state index contributed by atoms with van der Waals surface area (Å²) in [6.45, 7) is 3.45. The molecule has 0 saturated heterocycles. The van der Waals surface area contributed by atoms with Crippen molar-refractivity contribution in [2.45, 2.75) is 26.4 Å². The number of nitrogens with one attached hydrogen (secondary N) is 1. The van der Waals surface area contributed by atoms with Gasteiger partial charge in [0.1, 0.15) is 6.42 Å². The molecular weight excluding hydrogens is 332 g/mol. The monoisotopic (exact) mass is 350 g/mol. The number of hydrogen-bond donors (Lipinski definition) is 1. The minimum atomic E-state index is -0.916. The molecule has 6 nitrogen and oxygen atoms in total. The number of nitriles is 1. The van der Waals surface area contributed by atoms with Crippen LogP contribution in [0.25, 0.3) is 0 Å². The number of nitrogens with zero attached hydrogens (tertiary/aromatic N) is 1. The highest BCUT2D eigenvalue weighted by atomic mass is 16.5. The molecule has 0 saturated carbocycles. The van der Waals surface area contributed by atoms with Gasteiger partial charge in [-0.05, 0) is 38.1 Å². The maximum absolute atomic E-state index is 12.3. The zero-order valence-electron chi connectivity index (χ0n) is 14.5. The van der Waals surface area contributed by atoms with E-state index in [-0.39, 0.29) is 17.8 Å². The van der Waals surface area contributed by atoms with Gasteiger partial charge in [-0.15, -0.1) is 0 Å². The van der Waals surface area contributed by atoms with Crippen LogP contribution in [-0.2, 0) is 9.53 Å². The van der Waals surface area contributed by atoms with Gasteiger partial charge in [0, 0.05) is 11.3 Å². The molecule has 1 N–H and O–H groups in total. The van der Waals surface area contributed by atoms with Crippen LogP contribution in [0.15, 0.2) is 48.5 Å². The number of aryl methyl sites for hydroxylation is 1. The van der Waals surface area contributed by atoms with Gasteiger partial charge in [0.25, 0.3) is 0 Å². The van der Waals surface area contributed by atoms with Gasteiger partial charge in [-0.2, -0.15) is 5.26 Å². The molecule has 0 fully saturated rings. The molecule has 2 rings (SSSR count). The summed E-state index contributed by atoms with van der Waals surface area (Å²) in [7, 11) is 0. The molecule has 0 aliphatic carbocycles. The maximum Gasteiger partial charge on any atom is 0.338 e. The smallest absolute Gasteiger partial charge is 0.338 e. The standard InChI is InChI=1S/C20H18N2O4/c1-13-3-5-15(6-4-13)19(24)14(2)26-20(25)16-7-9-17(10-8-16)22-18(23)11-12-21/h3-10,14H,11H2,1-2H3,(H,22,23). The number of ketones is 1. The van der Waals surface area contributed by atoms with Crippen molar-refractivity contribution in [3.63, 3.8) is 0 Å². The van der Waals surface area contributed by atoms with Crippen LogP contribution in [0.1, 0.15) is 39.6 Å². The summed E-state index contributed by atoms with van der Waals surface area (Å²) in [6, 6.07) is 14.8. The Morgan fingerprint density at radius 2 is 1.62 bits per heavy atom. The number of hydrogen-bond acceptors (Lipinski definition) is 5. The van der Waals surface area contributed by atoms with Crippen molar-refractivity contribution in [3.05, 3.63) is 65.2 Å². The van der Waals surface area contributed by atoms with Crippen LogP contribution >= 0.6 is 0 Å². The summed E-state index contributed by atoms with van der Waals surface area (Å²) in [4.78, 5) is 35.8. The van der Waals surface area contributed by atoms with Crippen molar-refractivity contribution in [1.29, 1.82) is 5.26 Å². The first kappa shape index (κ1) is 18.9. The Balaban J connectivity index is 1.98. The lowest BCUT2D eigenvalue weighted by atomic mass is 10.1. The lowest BCUT2D eigenvalue weighted by Crippen LogP contribution is -2.24. The van der Waals surface area contributed by atoms with Crippen LogP contribution in [0.4, 0.5) is 5.69 Å². The van der Waals surface area contributed by atoms with Gasteiger partial charge >= 0.3 is 5.97 Å². The van der Waals surface area contributed by atoms with E-state index in [9.17, 15) is 14.4 Å². The van der Waals surface area contributed by atoms with Crippen molar-refractivity contribution in [2.24, 2.45) is 0 Å². The molecule has 2 aromatic carbocycles. The highest BCUT2D eigenvalue weighted by Gasteiger charge is 2.20. The molecular formula is C20H18N2O4. The first-order valence-corrected chi connectivity index (χ1v) is 7.99. The average molecular weight is 350 g/mol. The van der Waals surface area contributed by atoms with E-state index in [1.807, 2.05) is 19.1 Å². The lowest BCUT2D eigenvalue weighted by molar-refractivity contribution is -0.115. The van der Waals surface area contributed by atoms with Crippen LogP contribution in [0.5, 0.6) is 0 Å². The molecule has 0 bridgehead atoms. The molecule has 1 unspecified atom stereocenters. The molecule has 0 heterocycles. The van der Waals surface area contributed by atoms with Crippen LogP contribution in [0.3, 0.4) is 0 Å². The normalized spacial score (nSPS) is 11.1. The Bertz CT molecular complexity index is 849. The molecule has 132 valence electrons. The van der Waals surface area contributed by atoms with E-state index in [2.05, 4.69) is 5.32 Å². The highest BCUT2D eigenvalue weighted by Crippen LogP contribution is 2.14. The third-order valence-electron chi connectivity index (χ3n) is 3.63. The second-order valence-corrected chi connectivity index (χ2v) is 5.74. The number of amides is 1. The van der Waals surface area contributed by atoms with Gasteiger partial charge in [0.15, 0.2) is 6.10 Å². The maximum atomic E-state index is 12.3. The summed E-state index contributed by atoms with van der Waals surface area (Å²) in [5.74, 6) is -1.34. The van der Waals surface area contributed by atoms with E-state index >= 15 is 0 Å². The van der Waals surface area contributed by atoms with E-state index in [1.54, 1.807) is 18.2 Å². The molecule has 0 radical (unpaired) electrons. The lowest BCUT2D eigenvalue weighted by Gasteiger charge is -2.13. The molecule has 0 aliphatic rings. The number of carbonyl (C=O) groups is 3. The first-order valence-electron chi connectivity index (χ1n) is 7.99. The number of carbonyl (C=O) groups excluding carboxylic acids is 3. The predicted molar refractivity (Wildman–Crippen MR) is 95.7 cm³/mol. The minimum Gasteiger partial charge on any atom is -0.451 e.